The fourth-order valence-corrected chi connectivity index (χ4v) is 2.10. The van der Waals surface area contributed by atoms with Gasteiger partial charge < -0.3 is 0 Å². The molecule has 3 nitrogen and oxygen atoms in total. The molecule has 0 saturated carbocycles. The van der Waals surface area contributed by atoms with E-state index in [1.807, 2.05) is 12.1 Å². The molecule has 88 valence electrons. The Morgan fingerprint density at radius 2 is 2.06 bits per heavy atom. The number of pyridine rings is 2. The van der Waals surface area contributed by atoms with Crippen LogP contribution in [0.3, 0.4) is 0 Å². The van der Waals surface area contributed by atoms with Gasteiger partial charge in [0.1, 0.15) is 0 Å². The molecule has 4 heteroatoms. The number of aromatic nitrogens is 2. The first-order valence-electron chi connectivity index (χ1n) is 5.47. The Hall–Kier alpha value is -2.13. The number of benzene rings is 1. The highest BCUT2D eigenvalue weighted by atomic mass is 35.5. The van der Waals surface area contributed by atoms with Crippen LogP contribution in [-0.2, 0) is 0 Å². The number of rotatable bonds is 1. The third kappa shape index (κ3) is 1.79. The number of halogens is 1. The zero-order valence-corrected chi connectivity index (χ0v) is 10.1. The van der Waals surface area contributed by atoms with Crippen LogP contribution < -0.4 is 5.56 Å². The summed E-state index contributed by atoms with van der Waals surface area (Å²) in [5.41, 5.74) is 0.677. The molecule has 0 aliphatic carbocycles. The fourth-order valence-electron chi connectivity index (χ4n) is 1.92. The standard InChI is InChI=1S/C14H9ClN2O/c15-11-3-4-13-10(8-11)5-7-17(14(13)18)12-2-1-6-16-9-12/h1-9H. The van der Waals surface area contributed by atoms with Crippen molar-refractivity contribution in [3.63, 3.8) is 0 Å². The van der Waals surface area contributed by atoms with Crippen molar-refractivity contribution >= 4 is 22.4 Å². The molecule has 0 spiro atoms. The molecule has 2 heterocycles. The van der Waals surface area contributed by atoms with Crippen LogP contribution in [0.4, 0.5) is 0 Å². The van der Waals surface area contributed by atoms with Crippen LogP contribution in [0.15, 0.2) is 59.8 Å². The molecular weight excluding hydrogens is 248 g/mol. The van der Waals surface area contributed by atoms with E-state index in [1.165, 1.54) is 0 Å². The van der Waals surface area contributed by atoms with Crippen LogP contribution in [0.1, 0.15) is 0 Å². The van der Waals surface area contributed by atoms with Crippen molar-refractivity contribution in [2.75, 3.05) is 0 Å². The molecule has 0 bridgehead atoms. The second-order valence-corrected chi connectivity index (χ2v) is 4.37. The first kappa shape index (κ1) is 11.0. The highest BCUT2D eigenvalue weighted by Gasteiger charge is 2.04. The molecular formula is C14H9ClN2O. The van der Waals surface area contributed by atoms with Crippen molar-refractivity contribution < 1.29 is 0 Å². The Kier molecular flexibility index (Phi) is 2.61. The van der Waals surface area contributed by atoms with Gasteiger partial charge in [-0.2, -0.15) is 0 Å². The van der Waals surface area contributed by atoms with Gasteiger partial charge in [-0.1, -0.05) is 11.6 Å². The first-order chi connectivity index (χ1) is 8.75. The van der Waals surface area contributed by atoms with Crippen molar-refractivity contribution in [2.24, 2.45) is 0 Å². The minimum atomic E-state index is -0.0721. The fraction of sp³-hybridized carbons (Fsp3) is 0. The molecule has 3 rings (SSSR count). The SMILES string of the molecule is O=c1c2ccc(Cl)cc2ccn1-c1cccnc1. The lowest BCUT2D eigenvalue weighted by Gasteiger charge is -2.06. The minimum Gasteiger partial charge on any atom is -0.282 e. The molecule has 0 aliphatic rings. The van der Waals surface area contributed by atoms with E-state index in [2.05, 4.69) is 4.98 Å². The van der Waals surface area contributed by atoms with Gasteiger partial charge in [-0.25, -0.2) is 0 Å². The Balaban J connectivity index is 2.31. The van der Waals surface area contributed by atoms with Gasteiger partial charge in [-0.05, 0) is 41.8 Å². The van der Waals surface area contributed by atoms with Gasteiger partial charge in [0.2, 0.25) is 0 Å². The number of nitrogens with zero attached hydrogens (tertiary/aromatic N) is 2. The summed E-state index contributed by atoms with van der Waals surface area (Å²) in [5.74, 6) is 0. The second-order valence-electron chi connectivity index (χ2n) is 3.93. The largest absolute Gasteiger partial charge is 0.282 e. The van der Waals surface area contributed by atoms with Crippen LogP contribution in [0.5, 0.6) is 0 Å². The third-order valence-electron chi connectivity index (χ3n) is 2.79. The molecule has 0 aliphatic heterocycles. The lowest BCUT2D eigenvalue weighted by atomic mass is 10.2. The maximum absolute atomic E-state index is 12.3. The van der Waals surface area contributed by atoms with E-state index in [9.17, 15) is 4.79 Å². The average molecular weight is 257 g/mol. The monoisotopic (exact) mass is 256 g/mol. The van der Waals surface area contributed by atoms with Crippen LogP contribution in [0.25, 0.3) is 16.5 Å². The molecule has 0 saturated heterocycles. The zero-order chi connectivity index (χ0) is 12.5. The van der Waals surface area contributed by atoms with Crippen molar-refractivity contribution in [2.45, 2.75) is 0 Å². The van der Waals surface area contributed by atoms with E-state index in [0.717, 1.165) is 11.1 Å². The van der Waals surface area contributed by atoms with Gasteiger partial charge in [0, 0.05) is 22.8 Å². The summed E-state index contributed by atoms with van der Waals surface area (Å²) in [6, 6.07) is 10.8. The van der Waals surface area contributed by atoms with Crippen LogP contribution in [0.2, 0.25) is 5.02 Å². The highest BCUT2D eigenvalue weighted by molar-refractivity contribution is 6.31. The average Bonchev–Trinajstić information content (AvgIpc) is 2.40. The van der Waals surface area contributed by atoms with Gasteiger partial charge in [0.05, 0.1) is 11.9 Å². The number of hydrogen-bond acceptors (Lipinski definition) is 2. The number of fused-ring (bicyclic) bond motifs is 1. The van der Waals surface area contributed by atoms with E-state index in [-0.39, 0.29) is 5.56 Å². The van der Waals surface area contributed by atoms with Gasteiger partial charge in [0.15, 0.2) is 0 Å². The predicted molar refractivity (Wildman–Crippen MR) is 72.4 cm³/mol. The van der Waals surface area contributed by atoms with Gasteiger partial charge in [-0.15, -0.1) is 0 Å². The summed E-state index contributed by atoms with van der Waals surface area (Å²) in [6.07, 6.45) is 5.07. The van der Waals surface area contributed by atoms with Crippen molar-refractivity contribution in [1.29, 1.82) is 0 Å². The van der Waals surface area contributed by atoms with E-state index in [4.69, 9.17) is 11.6 Å². The predicted octanol–water partition coefficient (Wildman–Crippen LogP) is 3.04. The lowest BCUT2D eigenvalue weighted by Crippen LogP contribution is -2.17. The summed E-state index contributed by atoms with van der Waals surface area (Å²) >= 11 is 5.91. The molecule has 3 aromatic rings. The van der Waals surface area contributed by atoms with E-state index >= 15 is 0 Å². The lowest BCUT2D eigenvalue weighted by molar-refractivity contribution is 0.995. The van der Waals surface area contributed by atoms with E-state index in [0.29, 0.717) is 10.4 Å². The normalized spacial score (nSPS) is 10.7. The Labute approximate surface area is 108 Å². The summed E-state index contributed by atoms with van der Waals surface area (Å²) < 4.78 is 1.57. The second kappa shape index (κ2) is 4.27. The maximum Gasteiger partial charge on any atom is 0.263 e. The van der Waals surface area contributed by atoms with Crippen LogP contribution >= 0.6 is 11.6 Å². The third-order valence-corrected chi connectivity index (χ3v) is 3.03. The zero-order valence-electron chi connectivity index (χ0n) is 9.38. The van der Waals surface area contributed by atoms with Gasteiger partial charge >= 0.3 is 0 Å². The van der Waals surface area contributed by atoms with E-state index < -0.39 is 0 Å². The van der Waals surface area contributed by atoms with Crippen molar-refractivity contribution in [3.8, 4) is 5.69 Å². The Morgan fingerprint density at radius 3 is 2.83 bits per heavy atom. The summed E-state index contributed by atoms with van der Waals surface area (Å²) in [5, 5.41) is 2.11. The molecule has 0 unspecified atom stereocenters. The smallest absolute Gasteiger partial charge is 0.263 e. The summed E-state index contributed by atoms with van der Waals surface area (Å²) in [4.78, 5) is 16.3. The Morgan fingerprint density at radius 1 is 1.17 bits per heavy atom. The molecule has 0 N–H and O–H groups in total. The Bertz CT molecular complexity index is 766. The minimum absolute atomic E-state index is 0.0721. The summed E-state index contributed by atoms with van der Waals surface area (Å²) in [7, 11) is 0. The molecule has 0 radical (unpaired) electrons. The topological polar surface area (TPSA) is 34.9 Å². The molecule has 0 amide bonds. The van der Waals surface area contributed by atoms with Crippen molar-refractivity contribution in [1.82, 2.24) is 9.55 Å². The van der Waals surface area contributed by atoms with Crippen LogP contribution in [-0.4, -0.2) is 9.55 Å². The maximum atomic E-state index is 12.3. The molecule has 0 fully saturated rings. The van der Waals surface area contributed by atoms with Crippen molar-refractivity contribution in [3.05, 3.63) is 70.4 Å². The van der Waals surface area contributed by atoms with Crippen LogP contribution in [0, 0.1) is 0 Å². The molecule has 18 heavy (non-hydrogen) atoms. The van der Waals surface area contributed by atoms with E-state index in [1.54, 1.807) is 47.4 Å². The highest BCUT2D eigenvalue weighted by Crippen LogP contribution is 2.17. The van der Waals surface area contributed by atoms with Gasteiger partial charge in [0.25, 0.3) is 5.56 Å². The molecule has 0 atom stereocenters. The molecule has 1 aromatic carbocycles. The number of hydrogen-bond donors (Lipinski definition) is 0. The summed E-state index contributed by atoms with van der Waals surface area (Å²) in [6.45, 7) is 0. The molecule has 2 aromatic heterocycles. The first-order valence-corrected chi connectivity index (χ1v) is 5.85. The van der Waals surface area contributed by atoms with Gasteiger partial charge in [-0.3, -0.25) is 14.3 Å². The quantitative estimate of drug-likeness (QED) is 0.671.